The van der Waals surface area contributed by atoms with E-state index >= 15 is 0 Å². The number of nitrogens with two attached hydrogens (primary N) is 1. The molecule has 0 aliphatic carbocycles. The van der Waals surface area contributed by atoms with Crippen LogP contribution in [0.15, 0.2) is 16.5 Å². The molecule has 1 aromatic heterocycles. The first-order valence-electron chi connectivity index (χ1n) is 5.74. The van der Waals surface area contributed by atoms with Gasteiger partial charge < -0.3 is 20.6 Å². The second kappa shape index (κ2) is 6.03. The predicted octanol–water partition coefficient (Wildman–Crippen LogP) is 0.608. The van der Waals surface area contributed by atoms with Crippen LogP contribution >= 0.6 is 0 Å². The van der Waals surface area contributed by atoms with Crippen LogP contribution in [0.3, 0.4) is 0 Å². The molecule has 0 saturated carbocycles. The molecule has 1 atom stereocenters. The van der Waals surface area contributed by atoms with E-state index in [1.54, 1.807) is 0 Å². The van der Waals surface area contributed by atoms with Crippen molar-refractivity contribution in [3.05, 3.63) is 23.7 Å². The maximum absolute atomic E-state index is 11.8. The molecule has 4 N–H and O–H groups in total. The highest BCUT2D eigenvalue weighted by Gasteiger charge is 2.23. The first-order valence-corrected chi connectivity index (χ1v) is 5.74. The van der Waals surface area contributed by atoms with Crippen LogP contribution in [0.2, 0.25) is 0 Å². The summed E-state index contributed by atoms with van der Waals surface area (Å²) in [6.45, 7) is 3.69. The molecule has 0 radical (unpaired) electrons. The third-order valence-electron chi connectivity index (χ3n) is 2.38. The van der Waals surface area contributed by atoms with Gasteiger partial charge in [0.15, 0.2) is 11.5 Å². The Balaban J connectivity index is 2.75. The number of hydrogen-bond acceptors (Lipinski definition) is 4. The lowest BCUT2D eigenvalue weighted by molar-refractivity contribution is -0.139. The summed E-state index contributed by atoms with van der Waals surface area (Å²) in [5.41, 5.74) is 4.98. The molecule has 104 valence electrons. The van der Waals surface area contributed by atoms with Crippen molar-refractivity contribution in [2.24, 2.45) is 11.7 Å². The van der Waals surface area contributed by atoms with E-state index in [4.69, 9.17) is 15.3 Å². The van der Waals surface area contributed by atoms with Gasteiger partial charge in [-0.25, -0.2) is 4.79 Å². The number of nitrogens with one attached hydrogen (secondary N) is 1. The topological polar surface area (TPSA) is 123 Å². The SMILES string of the molecule is CC(C)C[C@H](NC(=O)c1ccc(C(N)=O)o1)C(=O)O. The molecule has 1 rings (SSSR count). The number of carboxylic acids is 1. The molecule has 7 heteroatoms. The quantitative estimate of drug-likeness (QED) is 0.697. The van der Waals surface area contributed by atoms with E-state index in [2.05, 4.69) is 5.32 Å². The normalized spacial score (nSPS) is 12.2. The molecular formula is C12H16N2O5. The maximum atomic E-state index is 11.8. The fourth-order valence-electron chi connectivity index (χ4n) is 1.51. The van der Waals surface area contributed by atoms with Gasteiger partial charge in [-0.15, -0.1) is 0 Å². The van der Waals surface area contributed by atoms with Gasteiger partial charge in [-0.2, -0.15) is 0 Å². The van der Waals surface area contributed by atoms with Crippen LogP contribution in [0, 0.1) is 5.92 Å². The molecule has 0 aromatic carbocycles. The summed E-state index contributed by atoms with van der Waals surface area (Å²) in [4.78, 5) is 33.6. The van der Waals surface area contributed by atoms with E-state index in [0.29, 0.717) is 6.42 Å². The van der Waals surface area contributed by atoms with Crippen LogP contribution in [0.5, 0.6) is 0 Å². The van der Waals surface area contributed by atoms with Crippen LogP contribution in [-0.2, 0) is 4.79 Å². The minimum absolute atomic E-state index is 0.110. The Kier molecular flexibility index (Phi) is 4.68. The van der Waals surface area contributed by atoms with Crippen molar-refractivity contribution in [1.29, 1.82) is 0 Å². The number of furan rings is 1. The molecular weight excluding hydrogens is 252 g/mol. The van der Waals surface area contributed by atoms with Crippen LogP contribution in [0.1, 0.15) is 41.4 Å². The molecule has 0 aliphatic heterocycles. The van der Waals surface area contributed by atoms with Crippen molar-refractivity contribution in [1.82, 2.24) is 5.32 Å². The largest absolute Gasteiger partial charge is 0.480 e. The first kappa shape index (κ1) is 14.7. The highest BCUT2D eigenvalue weighted by molar-refractivity contribution is 5.96. The lowest BCUT2D eigenvalue weighted by Crippen LogP contribution is -2.41. The number of carboxylic acid groups (broad SMARTS) is 1. The summed E-state index contributed by atoms with van der Waals surface area (Å²) in [5, 5.41) is 11.3. The van der Waals surface area contributed by atoms with Gasteiger partial charge in [-0.05, 0) is 24.5 Å². The summed E-state index contributed by atoms with van der Waals surface area (Å²) in [7, 11) is 0. The van der Waals surface area contributed by atoms with Gasteiger partial charge in [0.25, 0.3) is 11.8 Å². The third kappa shape index (κ3) is 4.13. The van der Waals surface area contributed by atoms with Crippen molar-refractivity contribution in [2.45, 2.75) is 26.3 Å². The second-order valence-electron chi connectivity index (χ2n) is 4.52. The van der Waals surface area contributed by atoms with Crippen LogP contribution < -0.4 is 11.1 Å². The third-order valence-corrected chi connectivity index (χ3v) is 2.38. The van der Waals surface area contributed by atoms with Crippen molar-refractivity contribution < 1.29 is 23.9 Å². The van der Waals surface area contributed by atoms with E-state index < -0.39 is 23.8 Å². The Labute approximate surface area is 109 Å². The molecule has 0 bridgehead atoms. The molecule has 1 heterocycles. The minimum Gasteiger partial charge on any atom is -0.480 e. The molecule has 19 heavy (non-hydrogen) atoms. The Morgan fingerprint density at radius 2 is 1.89 bits per heavy atom. The molecule has 0 saturated heterocycles. The maximum Gasteiger partial charge on any atom is 0.326 e. The molecule has 7 nitrogen and oxygen atoms in total. The average Bonchev–Trinajstić information content (AvgIpc) is 2.76. The Morgan fingerprint density at radius 1 is 1.32 bits per heavy atom. The molecule has 0 unspecified atom stereocenters. The number of aliphatic carboxylic acids is 1. The Hall–Kier alpha value is -2.31. The first-order chi connectivity index (χ1) is 8.81. The van der Waals surface area contributed by atoms with Gasteiger partial charge >= 0.3 is 5.97 Å². The summed E-state index contributed by atoms with van der Waals surface area (Å²) in [6.07, 6.45) is 0.296. The number of rotatable bonds is 6. The zero-order valence-corrected chi connectivity index (χ0v) is 10.7. The van der Waals surface area contributed by atoms with Gasteiger partial charge in [0.2, 0.25) is 0 Å². The van der Waals surface area contributed by atoms with E-state index in [-0.39, 0.29) is 17.4 Å². The zero-order chi connectivity index (χ0) is 14.6. The van der Waals surface area contributed by atoms with Crippen LogP contribution in [0.4, 0.5) is 0 Å². The molecule has 0 fully saturated rings. The van der Waals surface area contributed by atoms with Crippen molar-refractivity contribution in [2.75, 3.05) is 0 Å². The fraction of sp³-hybridized carbons (Fsp3) is 0.417. The molecule has 0 aliphatic rings. The van der Waals surface area contributed by atoms with E-state index in [1.165, 1.54) is 12.1 Å². The number of carbonyl (C=O) groups is 3. The van der Waals surface area contributed by atoms with Crippen molar-refractivity contribution in [3.8, 4) is 0 Å². The summed E-state index contributed by atoms with van der Waals surface area (Å²) in [6, 6.07) is 1.52. The highest BCUT2D eigenvalue weighted by atomic mass is 16.4. The van der Waals surface area contributed by atoms with Crippen molar-refractivity contribution in [3.63, 3.8) is 0 Å². The van der Waals surface area contributed by atoms with E-state index in [9.17, 15) is 14.4 Å². The average molecular weight is 268 g/mol. The van der Waals surface area contributed by atoms with Gasteiger partial charge in [-0.1, -0.05) is 13.8 Å². The van der Waals surface area contributed by atoms with Gasteiger partial charge in [0.05, 0.1) is 0 Å². The summed E-state index contributed by atoms with van der Waals surface area (Å²) < 4.78 is 4.91. The van der Waals surface area contributed by atoms with Crippen molar-refractivity contribution >= 4 is 17.8 Å². The Morgan fingerprint density at radius 3 is 2.32 bits per heavy atom. The summed E-state index contributed by atoms with van der Waals surface area (Å²) in [5.74, 6) is -2.80. The lowest BCUT2D eigenvalue weighted by atomic mass is 10.0. The predicted molar refractivity (Wildman–Crippen MR) is 65.6 cm³/mol. The number of hydrogen-bond donors (Lipinski definition) is 3. The monoisotopic (exact) mass is 268 g/mol. The van der Waals surface area contributed by atoms with Gasteiger partial charge in [0.1, 0.15) is 6.04 Å². The smallest absolute Gasteiger partial charge is 0.326 e. The lowest BCUT2D eigenvalue weighted by Gasteiger charge is -2.15. The second-order valence-corrected chi connectivity index (χ2v) is 4.52. The highest BCUT2D eigenvalue weighted by Crippen LogP contribution is 2.09. The number of amides is 2. The number of primary amides is 1. The zero-order valence-electron chi connectivity index (χ0n) is 10.7. The van der Waals surface area contributed by atoms with E-state index in [1.807, 2.05) is 13.8 Å². The van der Waals surface area contributed by atoms with Gasteiger partial charge in [0, 0.05) is 0 Å². The summed E-state index contributed by atoms with van der Waals surface area (Å²) >= 11 is 0. The fourth-order valence-corrected chi connectivity index (χ4v) is 1.51. The van der Waals surface area contributed by atoms with E-state index in [0.717, 1.165) is 0 Å². The standard InChI is InChI=1S/C12H16N2O5/c1-6(2)5-7(12(17)18)14-11(16)9-4-3-8(19-9)10(13)15/h3-4,6-7H,5H2,1-2H3,(H2,13,15)(H,14,16)(H,17,18)/t7-/m0/s1. The number of carbonyl (C=O) groups excluding carboxylic acids is 2. The van der Waals surface area contributed by atoms with Crippen LogP contribution in [-0.4, -0.2) is 28.9 Å². The molecule has 0 spiro atoms. The van der Waals surface area contributed by atoms with Crippen LogP contribution in [0.25, 0.3) is 0 Å². The molecule has 2 amide bonds. The van der Waals surface area contributed by atoms with Gasteiger partial charge in [-0.3, -0.25) is 9.59 Å². The minimum atomic E-state index is -1.12. The Bertz CT molecular complexity index is 492. The molecule has 1 aromatic rings.